The normalized spacial score (nSPS) is 25.0. The summed E-state index contributed by atoms with van der Waals surface area (Å²) in [5.74, 6) is -0.0755. The number of aliphatic hydroxyl groups excluding tert-OH is 1. The van der Waals surface area contributed by atoms with Crippen molar-refractivity contribution in [3.8, 4) is 5.88 Å². The van der Waals surface area contributed by atoms with Gasteiger partial charge in [0, 0.05) is 18.8 Å². The van der Waals surface area contributed by atoms with Crippen molar-refractivity contribution >= 4 is 16.0 Å². The van der Waals surface area contributed by atoms with Crippen LogP contribution in [-0.2, 0) is 19.6 Å². The van der Waals surface area contributed by atoms with Crippen LogP contribution in [0.1, 0.15) is 71.4 Å². The molecule has 1 aromatic rings. The van der Waals surface area contributed by atoms with Crippen molar-refractivity contribution in [1.82, 2.24) is 9.29 Å². The Hall–Kier alpha value is -1.71. The number of hydrogen-bond donors (Lipinski definition) is 1. The van der Waals surface area contributed by atoms with E-state index in [0.717, 1.165) is 32.1 Å². The predicted molar refractivity (Wildman–Crippen MR) is 120 cm³/mol. The number of nitrogens with zero attached hydrogens (tertiary/aromatic N) is 2. The molecule has 1 N–H and O–H groups in total. The minimum Gasteiger partial charge on any atom is -0.473 e. The molecule has 0 amide bonds. The Morgan fingerprint density at radius 2 is 1.97 bits per heavy atom. The maximum Gasteiger partial charge on any atom is 0.324 e. The molecule has 9 heteroatoms. The molecule has 2 aliphatic rings. The molecule has 2 fully saturated rings. The van der Waals surface area contributed by atoms with Crippen molar-refractivity contribution in [2.75, 3.05) is 13.2 Å². The fraction of sp³-hybridized carbons (Fsp3) is 0.739. The molecule has 2 heterocycles. The number of rotatable bonds is 7. The first-order valence-electron chi connectivity index (χ1n) is 11.5. The van der Waals surface area contributed by atoms with E-state index in [2.05, 4.69) is 4.98 Å². The van der Waals surface area contributed by atoms with E-state index in [1.807, 2.05) is 0 Å². The molecule has 3 atom stereocenters. The Morgan fingerprint density at radius 3 is 2.66 bits per heavy atom. The zero-order valence-electron chi connectivity index (χ0n) is 19.5. The molecule has 1 aliphatic carbocycles. The molecule has 3 rings (SSSR count). The summed E-state index contributed by atoms with van der Waals surface area (Å²) in [7, 11) is -4.01. The number of esters is 1. The fourth-order valence-corrected chi connectivity index (χ4v) is 6.21. The average molecular weight is 469 g/mol. The van der Waals surface area contributed by atoms with Crippen LogP contribution in [0.15, 0.2) is 17.0 Å². The lowest BCUT2D eigenvalue weighted by atomic mass is 9.85. The number of carbonyl (C=O) groups is 1. The van der Waals surface area contributed by atoms with E-state index >= 15 is 0 Å². The lowest BCUT2D eigenvalue weighted by Crippen LogP contribution is -2.43. The lowest BCUT2D eigenvalue weighted by molar-refractivity contribution is -0.158. The summed E-state index contributed by atoms with van der Waals surface area (Å²) in [5, 5.41) is 9.27. The number of aliphatic hydroxyl groups is 1. The summed E-state index contributed by atoms with van der Waals surface area (Å²) >= 11 is 0. The highest BCUT2D eigenvalue weighted by Gasteiger charge is 2.43. The molecular formula is C23H36N2O6S. The highest BCUT2D eigenvalue weighted by atomic mass is 32.2. The van der Waals surface area contributed by atoms with Gasteiger partial charge in [0.05, 0.1) is 0 Å². The smallest absolute Gasteiger partial charge is 0.324 e. The summed E-state index contributed by atoms with van der Waals surface area (Å²) in [6, 6.07) is 2.32. The molecular weight excluding hydrogens is 432 g/mol. The van der Waals surface area contributed by atoms with Crippen LogP contribution < -0.4 is 4.74 Å². The van der Waals surface area contributed by atoms with Gasteiger partial charge in [-0.1, -0.05) is 6.42 Å². The largest absolute Gasteiger partial charge is 0.473 e. The minimum absolute atomic E-state index is 0.0113. The molecule has 0 bridgehead atoms. The van der Waals surface area contributed by atoms with Crippen LogP contribution in [0.3, 0.4) is 0 Å². The molecule has 1 aliphatic heterocycles. The van der Waals surface area contributed by atoms with Gasteiger partial charge in [-0.25, -0.2) is 13.4 Å². The zero-order chi connectivity index (χ0) is 23.5. The molecule has 0 radical (unpaired) electrons. The molecule has 1 saturated carbocycles. The number of carbonyl (C=O) groups excluding carboxylic acids is 1. The molecule has 1 aromatic heterocycles. The number of ether oxygens (including phenoxy) is 2. The van der Waals surface area contributed by atoms with Gasteiger partial charge in [0.2, 0.25) is 15.9 Å². The average Bonchev–Trinajstić information content (AvgIpc) is 3.18. The van der Waals surface area contributed by atoms with E-state index in [1.165, 1.54) is 10.4 Å². The van der Waals surface area contributed by atoms with Gasteiger partial charge in [-0.05, 0) is 84.3 Å². The monoisotopic (exact) mass is 468 g/mol. The summed E-state index contributed by atoms with van der Waals surface area (Å²) in [6.07, 6.45) is 5.18. The highest BCUT2D eigenvalue weighted by molar-refractivity contribution is 7.89. The number of hydrogen-bond acceptors (Lipinski definition) is 7. The second-order valence-electron chi connectivity index (χ2n) is 9.85. The molecule has 180 valence electrons. The second kappa shape index (κ2) is 10.1. The summed E-state index contributed by atoms with van der Waals surface area (Å²) in [6.45, 7) is 7.48. The predicted octanol–water partition coefficient (Wildman–Crippen LogP) is 3.20. The fourth-order valence-electron chi connectivity index (χ4n) is 4.51. The summed E-state index contributed by atoms with van der Waals surface area (Å²) in [4.78, 5) is 17.1. The van der Waals surface area contributed by atoms with Gasteiger partial charge in [-0.3, -0.25) is 4.79 Å². The van der Waals surface area contributed by atoms with Crippen molar-refractivity contribution in [3.05, 3.63) is 17.8 Å². The van der Waals surface area contributed by atoms with Crippen LogP contribution in [0.25, 0.3) is 0 Å². The van der Waals surface area contributed by atoms with Gasteiger partial charge >= 0.3 is 5.97 Å². The molecule has 8 nitrogen and oxygen atoms in total. The Bertz CT molecular complexity index is 910. The van der Waals surface area contributed by atoms with E-state index in [4.69, 9.17) is 9.47 Å². The van der Waals surface area contributed by atoms with Crippen molar-refractivity contribution in [2.24, 2.45) is 5.92 Å². The van der Waals surface area contributed by atoms with E-state index in [0.29, 0.717) is 24.5 Å². The quantitative estimate of drug-likeness (QED) is 0.613. The first-order valence-corrected chi connectivity index (χ1v) is 12.9. The van der Waals surface area contributed by atoms with Gasteiger partial charge in [-0.2, -0.15) is 4.31 Å². The first-order chi connectivity index (χ1) is 15.0. The third kappa shape index (κ3) is 5.99. The Kier molecular flexibility index (Phi) is 7.83. The van der Waals surface area contributed by atoms with Crippen molar-refractivity contribution < 1.29 is 27.8 Å². The van der Waals surface area contributed by atoms with Crippen LogP contribution >= 0.6 is 0 Å². The molecule has 0 spiro atoms. The highest BCUT2D eigenvalue weighted by Crippen LogP contribution is 2.35. The lowest BCUT2D eigenvalue weighted by Gasteiger charge is -2.30. The Morgan fingerprint density at radius 1 is 1.22 bits per heavy atom. The van der Waals surface area contributed by atoms with Crippen LogP contribution in [0.5, 0.6) is 5.88 Å². The summed E-state index contributed by atoms with van der Waals surface area (Å²) in [5.41, 5.74) is -0.0345. The van der Waals surface area contributed by atoms with Gasteiger partial charge in [0.25, 0.3) is 0 Å². The Balaban J connectivity index is 1.85. The van der Waals surface area contributed by atoms with Gasteiger partial charge in [-0.15, -0.1) is 0 Å². The van der Waals surface area contributed by atoms with Crippen molar-refractivity contribution in [1.29, 1.82) is 0 Å². The van der Waals surface area contributed by atoms with Crippen LogP contribution in [-0.4, -0.2) is 59.7 Å². The first kappa shape index (κ1) is 24.9. The molecule has 32 heavy (non-hydrogen) atoms. The standard InChI is InChI=1S/C23H36N2O6S/c1-16-10-11-20(21(24-16)30-18-8-5-7-17(15-18)12-14-26)32(28,29)25-13-6-9-19(25)22(27)31-23(2,3)4/h10-11,17-19,26H,5-9,12-15H2,1-4H3/t17-,18-,19+/m1/s1. The third-order valence-corrected chi connectivity index (χ3v) is 7.91. The van der Waals surface area contributed by atoms with Crippen molar-refractivity contribution in [3.63, 3.8) is 0 Å². The summed E-state index contributed by atoms with van der Waals surface area (Å²) < 4.78 is 40.1. The molecule has 0 unspecified atom stereocenters. The maximum atomic E-state index is 13.6. The van der Waals surface area contributed by atoms with Crippen LogP contribution in [0.2, 0.25) is 0 Å². The van der Waals surface area contributed by atoms with Gasteiger partial charge in [0.15, 0.2) is 0 Å². The van der Waals surface area contributed by atoms with E-state index in [1.54, 1.807) is 33.8 Å². The van der Waals surface area contributed by atoms with Gasteiger partial charge < -0.3 is 14.6 Å². The van der Waals surface area contributed by atoms with Crippen LogP contribution in [0, 0.1) is 12.8 Å². The van der Waals surface area contributed by atoms with Gasteiger partial charge in [0.1, 0.15) is 22.6 Å². The number of aromatic nitrogens is 1. The topological polar surface area (TPSA) is 106 Å². The molecule has 0 aromatic carbocycles. The zero-order valence-corrected chi connectivity index (χ0v) is 20.4. The third-order valence-electron chi connectivity index (χ3n) is 5.98. The Labute approximate surface area is 191 Å². The van der Waals surface area contributed by atoms with E-state index in [9.17, 15) is 18.3 Å². The minimum atomic E-state index is -4.01. The second-order valence-corrected chi connectivity index (χ2v) is 11.7. The van der Waals surface area contributed by atoms with E-state index in [-0.39, 0.29) is 30.0 Å². The SMILES string of the molecule is Cc1ccc(S(=O)(=O)N2CCC[C@H]2C(=O)OC(C)(C)C)c(O[C@@H]2CCC[C@H](CCO)C2)n1. The maximum absolute atomic E-state index is 13.6. The van der Waals surface area contributed by atoms with Crippen LogP contribution in [0.4, 0.5) is 0 Å². The van der Waals surface area contributed by atoms with Crippen molar-refractivity contribution in [2.45, 2.75) is 95.3 Å². The number of sulfonamides is 1. The molecule has 1 saturated heterocycles. The number of pyridine rings is 1. The number of aryl methyl sites for hydroxylation is 1. The van der Waals surface area contributed by atoms with E-state index < -0.39 is 27.6 Å².